The predicted octanol–water partition coefficient (Wildman–Crippen LogP) is 6.28. The highest BCUT2D eigenvalue weighted by molar-refractivity contribution is 5.86. The molecule has 0 atom stereocenters. The summed E-state index contributed by atoms with van der Waals surface area (Å²) in [7, 11) is 0. The number of hydrogen-bond acceptors (Lipinski definition) is 2. The maximum atomic E-state index is 13.1. The van der Waals surface area contributed by atoms with Gasteiger partial charge in [-0.2, -0.15) is 13.2 Å². The SMILES string of the molecule is FC(F)(F)c1cccc(N2c3ccccc3Oc3ccccc32)c1. The Kier molecular flexibility index (Phi) is 3.23. The second-order valence-corrected chi connectivity index (χ2v) is 5.42. The zero-order valence-corrected chi connectivity index (χ0v) is 12.4. The van der Waals surface area contributed by atoms with Gasteiger partial charge >= 0.3 is 6.18 Å². The third kappa shape index (κ3) is 2.38. The summed E-state index contributed by atoms with van der Waals surface area (Å²) in [4.78, 5) is 1.78. The van der Waals surface area contributed by atoms with Crippen LogP contribution < -0.4 is 9.64 Å². The molecule has 0 spiro atoms. The van der Waals surface area contributed by atoms with E-state index in [4.69, 9.17) is 4.74 Å². The fourth-order valence-corrected chi connectivity index (χ4v) is 2.80. The van der Waals surface area contributed by atoms with Crippen LogP contribution in [0.3, 0.4) is 0 Å². The van der Waals surface area contributed by atoms with E-state index in [1.807, 2.05) is 36.4 Å². The van der Waals surface area contributed by atoms with Gasteiger partial charge in [-0.05, 0) is 42.5 Å². The first-order valence-electron chi connectivity index (χ1n) is 7.37. The maximum absolute atomic E-state index is 13.1. The van der Waals surface area contributed by atoms with Crippen LogP contribution in [0.15, 0.2) is 72.8 Å². The number of nitrogens with zero attached hydrogens (tertiary/aromatic N) is 1. The number of anilines is 3. The quantitative estimate of drug-likeness (QED) is 0.408. The molecule has 0 amide bonds. The highest BCUT2D eigenvalue weighted by atomic mass is 19.4. The van der Waals surface area contributed by atoms with Gasteiger partial charge in [0.05, 0.1) is 16.9 Å². The molecule has 2 nitrogen and oxygen atoms in total. The van der Waals surface area contributed by atoms with Crippen molar-refractivity contribution in [1.29, 1.82) is 0 Å². The summed E-state index contributed by atoms with van der Waals surface area (Å²) in [5.41, 5.74) is 1.17. The topological polar surface area (TPSA) is 12.5 Å². The zero-order chi connectivity index (χ0) is 16.7. The lowest BCUT2D eigenvalue weighted by Crippen LogP contribution is -2.16. The lowest BCUT2D eigenvalue weighted by molar-refractivity contribution is -0.137. The average Bonchev–Trinajstić information content (AvgIpc) is 2.59. The molecule has 1 heterocycles. The number of alkyl halides is 3. The van der Waals surface area contributed by atoms with Crippen molar-refractivity contribution in [3.05, 3.63) is 78.4 Å². The van der Waals surface area contributed by atoms with E-state index in [2.05, 4.69) is 0 Å². The molecule has 0 aliphatic carbocycles. The lowest BCUT2D eigenvalue weighted by Gasteiger charge is -2.33. The Morgan fingerprint density at radius 1 is 0.708 bits per heavy atom. The summed E-state index contributed by atoms with van der Waals surface area (Å²) >= 11 is 0. The van der Waals surface area contributed by atoms with E-state index in [0.29, 0.717) is 28.6 Å². The summed E-state index contributed by atoms with van der Waals surface area (Å²) in [6.07, 6.45) is -4.39. The predicted molar refractivity (Wildman–Crippen MR) is 86.2 cm³/mol. The van der Waals surface area contributed by atoms with Gasteiger partial charge in [0.15, 0.2) is 11.5 Å². The van der Waals surface area contributed by atoms with Crippen LogP contribution in [-0.4, -0.2) is 0 Å². The molecule has 0 saturated carbocycles. The Balaban J connectivity index is 1.92. The van der Waals surface area contributed by atoms with E-state index in [9.17, 15) is 13.2 Å². The number of rotatable bonds is 1. The van der Waals surface area contributed by atoms with Gasteiger partial charge in [0.25, 0.3) is 0 Å². The number of para-hydroxylation sites is 4. The van der Waals surface area contributed by atoms with Crippen LogP contribution in [0.5, 0.6) is 11.5 Å². The van der Waals surface area contributed by atoms with Crippen LogP contribution in [0.25, 0.3) is 0 Å². The first kappa shape index (κ1) is 14.6. The van der Waals surface area contributed by atoms with Gasteiger partial charge in [-0.1, -0.05) is 30.3 Å². The summed E-state index contributed by atoms with van der Waals surface area (Å²) < 4.78 is 45.1. The fourth-order valence-electron chi connectivity index (χ4n) is 2.80. The third-order valence-electron chi connectivity index (χ3n) is 3.86. The molecule has 0 unspecified atom stereocenters. The van der Waals surface area contributed by atoms with Crippen molar-refractivity contribution < 1.29 is 17.9 Å². The molecule has 0 radical (unpaired) electrons. The summed E-state index contributed by atoms with van der Waals surface area (Å²) in [5, 5.41) is 0. The minimum absolute atomic E-state index is 0.438. The van der Waals surface area contributed by atoms with Gasteiger partial charge < -0.3 is 9.64 Å². The Morgan fingerprint density at radius 3 is 1.88 bits per heavy atom. The molecule has 0 saturated heterocycles. The second kappa shape index (κ2) is 5.30. The highest BCUT2D eigenvalue weighted by Crippen LogP contribution is 2.50. The summed E-state index contributed by atoms with van der Waals surface area (Å²) in [5.74, 6) is 1.21. The molecule has 0 fully saturated rings. The van der Waals surface area contributed by atoms with Gasteiger partial charge in [0, 0.05) is 5.69 Å². The molecule has 5 heteroatoms. The second-order valence-electron chi connectivity index (χ2n) is 5.42. The van der Waals surface area contributed by atoms with Crippen molar-refractivity contribution in [3.63, 3.8) is 0 Å². The number of benzene rings is 3. The van der Waals surface area contributed by atoms with E-state index >= 15 is 0 Å². The first-order valence-corrected chi connectivity index (χ1v) is 7.37. The van der Waals surface area contributed by atoms with Crippen LogP contribution in [0.2, 0.25) is 0 Å². The van der Waals surface area contributed by atoms with E-state index in [1.54, 1.807) is 23.1 Å². The average molecular weight is 327 g/mol. The Bertz CT molecular complexity index is 859. The van der Waals surface area contributed by atoms with Crippen molar-refractivity contribution in [3.8, 4) is 11.5 Å². The van der Waals surface area contributed by atoms with Crippen LogP contribution >= 0.6 is 0 Å². The normalized spacial score (nSPS) is 13.0. The van der Waals surface area contributed by atoms with Crippen LogP contribution in [0.1, 0.15) is 5.56 Å². The third-order valence-corrected chi connectivity index (χ3v) is 3.86. The highest BCUT2D eigenvalue weighted by Gasteiger charge is 2.32. The van der Waals surface area contributed by atoms with Gasteiger partial charge in [-0.3, -0.25) is 0 Å². The zero-order valence-electron chi connectivity index (χ0n) is 12.4. The van der Waals surface area contributed by atoms with Crippen molar-refractivity contribution in [2.24, 2.45) is 0 Å². The van der Waals surface area contributed by atoms with Crippen molar-refractivity contribution in [2.75, 3.05) is 4.90 Å². The molecule has 1 aliphatic rings. The molecule has 3 aromatic carbocycles. The van der Waals surface area contributed by atoms with Crippen molar-refractivity contribution in [1.82, 2.24) is 0 Å². The minimum Gasteiger partial charge on any atom is -0.453 e. The van der Waals surface area contributed by atoms with Gasteiger partial charge in [-0.15, -0.1) is 0 Å². The largest absolute Gasteiger partial charge is 0.453 e. The number of halogens is 3. The number of ether oxygens (including phenoxy) is 1. The van der Waals surface area contributed by atoms with Gasteiger partial charge in [-0.25, -0.2) is 0 Å². The molecular weight excluding hydrogens is 315 g/mol. The van der Waals surface area contributed by atoms with Gasteiger partial charge in [0.1, 0.15) is 0 Å². The number of hydrogen-bond donors (Lipinski definition) is 0. The Hall–Kier alpha value is -2.95. The van der Waals surface area contributed by atoms with E-state index in [0.717, 1.165) is 12.1 Å². The molecule has 1 aliphatic heterocycles. The van der Waals surface area contributed by atoms with Crippen LogP contribution in [0.4, 0.5) is 30.2 Å². The van der Waals surface area contributed by atoms with E-state index < -0.39 is 11.7 Å². The van der Waals surface area contributed by atoms with E-state index in [1.165, 1.54) is 6.07 Å². The smallest absolute Gasteiger partial charge is 0.416 e. The molecule has 4 rings (SSSR count). The lowest BCUT2D eigenvalue weighted by atomic mass is 10.1. The van der Waals surface area contributed by atoms with Crippen LogP contribution in [-0.2, 0) is 6.18 Å². The molecule has 0 N–H and O–H groups in total. The van der Waals surface area contributed by atoms with Gasteiger partial charge in [0.2, 0.25) is 0 Å². The molecule has 0 bridgehead atoms. The van der Waals surface area contributed by atoms with E-state index in [-0.39, 0.29) is 0 Å². The Morgan fingerprint density at radius 2 is 1.29 bits per heavy atom. The molecule has 120 valence electrons. The molecular formula is C19H12F3NO. The fraction of sp³-hybridized carbons (Fsp3) is 0.0526. The van der Waals surface area contributed by atoms with Crippen LogP contribution in [0, 0.1) is 0 Å². The minimum atomic E-state index is -4.39. The maximum Gasteiger partial charge on any atom is 0.416 e. The number of fused-ring (bicyclic) bond motifs is 2. The first-order chi connectivity index (χ1) is 11.5. The monoisotopic (exact) mass is 327 g/mol. The summed E-state index contributed by atoms with van der Waals surface area (Å²) in [6, 6.07) is 19.9. The molecule has 3 aromatic rings. The molecule has 0 aromatic heterocycles. The Labute approximate surface area is 136 Å². The summed E-state index contributed by atoms with van der Waals surface area (Å²) in [6.45, 7) is 0. The van der Waals surface area contributed by atoms with Crippen molar-refractivity contribution >= 4 is 17.1 Å². The molecule has 24 heavy (non-hydrogen) atoms. The standard InChI is InChI=1S/C19H12F3NO/c20-19(21,22)13-6-5-7-14(12-13)23-15-8-1-3-10-17(15)24-18-11-4-2-9-16(18)23/h1-12H. The van der Waals surface area contributed by atoms with Crippen molar-refractivity contribution in [2.45, 2.75) is 6.18 Å².